The molecule has 0 atom stereocenters. The number of amides is 2. The maximum absolute atomic E-state index is 12.4. The van der Waals surface area contributed by atoms with Crippen LogP contribution in [0.25, 0.3) is 0 Å². The lowest BCUT2D eigenvalue weighted by molar-refractivity contribution is -0.132. The van der Waals surface area contributed by atoms with Crippen LogP contribution in [-0.4, -0.2) is 47.8 Å². The van der Waals surface area contributed by atoms with E-state index in [0.29, 0.717) is 37.0 Å². The van der Waals surface area contributed by atoms with Crippen LogP contribution in [0.5, 0.6) is 5.75 Å². The van der Waals surface area contributed by atoms with Gasteiger partial charge in [0.2, 0.25) is 11.9 Å². The summed E-state index contributed by atoms with van der Waals surface area (Å²) in [5.41, 5.74) is 2.70. The number of nitrogens with one attached hydrogen (secondary N) is 1. The van der Waals surface area contributed by atoms with Gasteiger partial charge in [0.05, 0.1) is 0 Å². The standard InChI is InChI=1S/C20H20N4O3/c1-23(10-14-6-3-2-4-7-14)18(26)13-27-16-9-5-8-15-11-24-12-17(25)21-20(24)22-19(15)16/h2-9H,10-13H2,1H3,(H,21,22,25). The highest BCUT2D eigenvalue weighted by atomic mass is 16.5. The Bertz CT molecular complexity index is 911. The highest BCUT2D eigenvalue weighted by molar-refractivity contribution is 6.06. The van der Waals surface area contributed by atoms with Gasteiger partial charge in [-0.25, -0.2) is 4.99 Å². The van der Waals surface area contributed by atoms with E-state index in [4.69, 9.17) is 4.74 Å². The Balaban J connectivity index is 1.43. The average Bonchev–Trinajstić information content (AvgIpc) is 3.03. The molecule has 2 aromatic carbocycles. The Morgan fingerprint density at radius 3 is 2.81 bits per heavy atom. The summed E-state index contributed by atoms with van der Waals surface area (Å²) in [6, 6.07) is 15.4. The summed E-state index contributed by atoms with van der Waals surface area (Å²) < 4.78 is 5.77. The number of likely N-dealkylation sites (N-methyl/N-ethyl adjacent to an activating group) is 1. The van der Waals surface area contributed by atoms with Crippen LogP contribution in [0, 0.1) is 0 Å². The highest BCUT2D eigenvalue weighted by Gasteiger charge is 2.30. The maximum Gasteiger partial charge on any atom is 0.260 e. The van der Waals surface area contributed by atoms with Crippen molar-refractivity contribution in [3.05, 3.63) is 59.7 Å². The number of aliphatic imine (C=N–C) groups is 1. The molecular formula is C20H20N4O3. The monoisotopic (exact) mass is 364 g/mol. The average molecular weight is 364 g/mol. The van der Waals surface area contributed by atoms with E-state index in [2.05, 4.69) is 10.3 Å². The Labute approximate surface area is 157 Å². The van der Waals surface area contributed by atoms with Crippen molar-refractivity contribution in [2.45, 2.75) is 13.1 Å². The third kappa shape index (κ3) is 3.62. The minimum Gasteiger partial charge on any atom is -0.481 e. The number of hydrogen-bond acceptors (Lipinski definition) is 5. The van der Waals surface area contributed by atoms with E-state index in [0.717, 1.165) is 11.1 Å². The lowest BCUT2D eigenvalue weighted by atomic mass is 10.1. The molecule has 1 N–H and O–H groups in total. The second kappa shape index (κ2) is 7.11. The molecule has 2 aliphatic rings. The van der Waals surface area contributed by atoms with Crippen molar-refractivity contribution in [3.8, 4) is 5.75 Å². The molecule has 2 heterocycles. The minimum atomic E-state index is -0.115. The summed E-state index contributed by atoms with van der Waals surface area (Å²) >= 11 is 0. The van der Waals surface area contributed by atoms with Gasteiger partial charge >= 0.3 is 0 Å². The van der Waals surface area contributed by atoms with Crippen LogP contribution in [0.2, 0.25) is 0 Å². The first kappa shape index (κ1) is 17.1. The van der Waals surface area contributed by atoms with E-state index in [1.807, 2.05) is 47.4 Å². The molecule has 0 unspecified atom stereocenters. The number of benzene rings is 2. The highest BCUT2D eigenvalue weighted by Crippen LogP contribution is 2.35. The normalized spacial score (nSPS) is 14.8. The summed E-state index contributed by atoms with van der Waals surface area (Å²) in [6.45, 7) is 1.36. The number of carbonyl (C=O) groups is 2. The van der Waals surface area contributed by atoms with Gasteiger partial charge in [-0.1, -0.05) is 42.5 Å². The molecule has 2 aromatic rings. The number of guanidine groups is 1. The van der Waals surface area contributed by atoms with Crippen LogP contribution >= 0.6 is 0 Å². The van der Waals surface area contributed by atoms with Crippen molar-refractivity contribution in [3.63, 3.8) is 0 Å². The molecule has 0 aromatic heterocycles. The topological polar surface area (TPSA) is 74.2 Å². The fourth-order valence-electron chi connectivity index (χ4n) is 3.17. The predicted molar refractivity (Wildman–Crippen MR) is 101 cm³/mol. The number of hydrogen-bond donors (Lipinski definition) is 1. The van der Waals surface area contributed by atoms with Crippen molar-refractivity contribution in [2.75, 3.05) is 20.2 Å². The lowest BCUT2D eigenvalue weighted by Gasteiger charge is -2.24. The minimum absolute atomic E-state index is 0.0678. The summed E-state index contributed by atoms with van der Waals surface area (Å²) in [5, 5.41) is 2.74. The summed E-state index contributed by atoms with van der Waals surface area (Å²) in [5.74, 6) is 0.899. The van der Waals surface area contributed by atoms with Crippen molar-refractivity contribution in [1.29, 1.82) is 0 Å². The second-order valence-electron chi connectivity index (χ2n) is 6.63. The first-order chi connectivity index (χ1) is 13.1. The molecule has 138 valence electrons. The predicted octanol–water partition coefficient (Wildman–Crippen LogP) is 1.66. The largest absolute Gasteiger partial charge is 0.481 e. The third-order valence-corrected chi connectivity index (χ3v) is 4.59. The molecule has 27 heavy (non-hydrogen) atoms. The summed E-state index contributed by atoms with van der Waals surface area (Å²) in [4.78, 5) is 32.0. The molecule has 1 fully saturated rings. The molecule has 7 nitrogen and oxygen atoms in total. The quantitative estimate of drug-likeness (QED) is 0.876. The van der Waals surface area contributed by atoms with Crippen LogP contribution < -0.4 is 10.1 Å². The molecule has 0 saturated carbocycles. The number of fused-ring (bicyclic) bond motifs is 2. The van der Waals surface area contributed by atoms with Gasteiger partial charge in [-0.3, -0.25) is 14.9 Å². The fourth-order valence-corrected chi connectivity index (χ4v) is 3.17. The van der Waals surface area contributed by atoms with Crippen LogP contribution in [0.15, 0.2) is 53.5 Å². The SMILES string of the molecule is CN(Cc1ccccc1)C(=O)COc1cccc2c1N=C1NC(=O)CN1C2. The second-order valence-corrected chi connectivity index (χ2v) is 6.63. The molecule has 7 heteroatoms. The molecule has 1 saturated heterocycles. The summed E-state index contributed by atoms with van der Waals surface area (Å²) in [7, 11) is 1.76. The van der Waals surface area contributed by atoms with Gasteiger partial charge in [0.15, 0.2) is 6.61 Å². The number of rotatable bonds is 5. The number of para-hydroxylation sites is 1. The zero-order valence-electron chi connectivity index (χ0n) is 15.0. The van der Waals surface area contributed by atoms with Gasteiger partial charge in [0, 0.05) is 25.7 Å². The zero-order chi connectivity index (χ0) is 18.8. The maximum atomic E-state index is 12.4. The van der Waals surface area contributed by atoms with Gasteiger partial charge in [0.25, 0.3) is 5.91 Å². The van der Waals surface area contributed by atoms with E-state index in [9.17, 15) is 9.59 Å². The molecular weight excluding hydrogens is 344 g/mol. The number of carbonyl (C=O) groups excluding carboxylic acids is 2. The molecule has 4 rings (SSSR count). The number of nitrogens with zero attached hydrogens (tertiary/aromatic N) is 3. The Morgan fingerprint density at radius 1 is 1.19 bits per heavy atom. The van der Waals surface area contributed by atoms with Crippen LogP contribution in [0.3, 0.4) is 0 Å². The van der Waals surface area contributed by atoms with Crippen molar-refractivity contribution < 1.29 is 14.3 Å². The first-order valence-corrected chi connectivity index (χ1v) is 8.76. The van der Waals surface area contributed by atoms with E-state index < -0.39 is 0 Å². The molecule has 0 radical (unpaired) electrons. The van der Waals surface area contributed by atoms with Crippen LogP contribution in [0.4, 0.5) is 5.69 Å². The van der Waals surface area contributed by atoms with E-state index in [-0.39, 0.29) is 18.4 Å². The fraction of sp³-hybridized carbons (Fsp3) is 0.250. The number of ether oxygens (including phenoxy) is 1. The Kier molecular flexibility index (Phi) is 4.50. The van der Waals surface area contributed by atoms with E-state index in [1.54, 1.807) is 18.0 Å². The summed E-state index contributed by atoms with van der Waals surface area (Å²) in [6.07, 6.45) is 0. The Morgan fingerprint density at radius 2 is 2.00 bits per heavy atom. The van der Waals surface area contributed by atoms with Crippen LogP contribution in [-0.2, 0) is 22.7 Å². The molecule has 2 aliphatic heterocycles. The van der Waals surface area contributed by atoms with Crippen molar-refractivity contribution >= 4 is 23.5 Å². The molecule has 2 amide bonds. The first-order valence-electron chi connectivity index (χ1n) is 8.76. The van der Waals surface area contributed by atoms with Gasteiger partial charge in [-0.15, -0.1) is 0 Å². The van der Waals surface area contributed by atoms with Gasteiger partial charge < -0.3 is 14.5 Å². The lowest BCUT2D eigenvalue weighted by Crippen LogP contribution is -2.32. The third-order valence-electron chi connectivity index (χ3n) is 4.59. The van der Waals surface area contributed by atoms with Crippen LogP contribution in [0.1, 0.15) is 11.1 Å². The van der Waals surface area contributed by atoms with Gasteiger partial charge in [-0.2, -0.15) is 0 Å². The van der Waals surface area contributed by atoms with Gasteiger partial charge in [-0.05, 0) is 11.6 Å². The van der Waals surface area contributed by atoms with E-state index >= 15 is 0 Å². The van der Waals surface area contributed by atoms with E-state index in [1.165, 1.54) is 0 Å². The zero-order valence-corrected chi connectivity index (χ0v) is 15.0. The molecule has 0 bridgehead atoms. The smallest absolute Gasteiger partial charge is 0.260 e. The molecule has 0 aliphatic carbocycles. The van der Waals surface area contributed by atoms with Gasteiger partial charge in [0.1, 0.15) is 18.0 Å². The van der Waals surface area contributed by atoms with Crippen molar-refractivity contribution in [2.24, 2.45) is 4.99 Å². The van der Waals surface area contributed by atoms with Crippen molar-refractivity contribution in [1.82, 2.24) is 15.1 Å². The Hall–Kier alpha value is -3.35. The molecule has 0 spiro atoms.